The third-order valence-corrected chi connectivity index (χ3v) is 5.78. The van der Waals surface area contributed by atoms with Gasteiger partial charge in [-0.05, 0) is 55.5 Å². The highest BCUT2D eigenvalue weighted by Crippen LogP contribution is 2.41. The summed E-state index contributed by atoms with van der Waals surface area (Å²) in [4.78, 5) is 1.40. The topological polar surface area (TPSA) is 12.0 Å². The van der Waals surface area contributed by atoms with Gasteiger partial charge in [-0.1, -0.05) is 42.8 Å². The first-order valence-electron chi connectivity index (χ1n) is 7.77. The lowest BCUT2D eigenvalue weighted by Crippen LogP contribution is -2.42. The molecule has 1 aromatic heterocycles. The number of aryl methyl sites for hydroxylation is 1. The fourth-order valence-electron chi connectivity index (χ4n) is 3.58. The number of thiophene rings is 1. The minimum absolute atomic E-state index is 0.221. The second-order valence-corrected chi connectivity index (χ2v) is 7.75. The van der Waals surface area contributed by atoms with E-state index in [4.69, 9.17) is 11.6 Å². The summed E-state index contributed by atoms with van der Waals surface area (Å²) in [5.41, 5.74) is 3.30. The average molecular weight is 320 g/mol. The highest BCUT2D eigenvalue weighted by Gasteiger charge is 2.36. The third-order valence-electron chi connectivity index (χ3n) is 4.55. The van der Waals surface area contributed by atoms with Crippen LogP contribution < -0.4 is 5.32 Å². The molecule has 112 valence electrons. The van der Waals surface area contributed by atoms with E-state index < -0.39 is 0 Å². The van der Waals surface area contributed by atoms with Crippen LogP contribution in [0.3, 0.4) is 0 Å². The maximum atomic E-state index is 6.13. The van der Waals surface area contributed by atoms with Crippen molar-refractivity contribution in [2.24, 2.45) is 0 Å². The molecule has 21 heavy (non-hydrogen) atoms. The van der Waals surface area contributed by atoms with Gasteiger partial charge in [0.2, 0.25) is 0 Å². The van der Waals surface area contributed by atoms with Crippen molar-refractivity contribution in [3.05, 3.63) is 56.7 Å². The number of fused-ring (bicyclic) bond motifs is 1. The molecule has 0 aliphatic heterocycles. The number of benzene rings is 1. The van der Waals surface area contributed by atoms with Gasteiger partial charge in [0.1, 0.15) is 0 Å². The lowest BCUT2D eigenvalue weighted by atomic mass is 9.67. The number of rotatable bonds is 5. The highest BCUT2D eigenvalue weighted by molar-refractivity contribution is 7.16. The quantitative estimate of drug-likeness (QED) is 0.832. The fourth-order valence-corrected chi connectivity index (χ4v) is 4.81. The molecule has 1 aromatic carbocycles. The SMILES string of the molecule is CCNCC1(Cc2ccc(Cl)s2)CCCc2ccccc21. The minimum atomic E-state index is 0.221. The van der Waals surface area contributed by atoms with Crippen LogP contribution in [0.15, 0.2) is 36.4 Å². The second-order valence-electron chi connectivity index (χ2n) is 5.95. The smallest absolute Gasteiger partial charge is 0.0931 e. The highest BCUT2D eigenvalue weighted by atomic mass is 35.5. The molecule has 1 nitrogen and oxygen atoms in total. The van der Waals surface area contributed by atoms with Crippen LogP contribution in [0.4, 0.5) is 0 Å². The van der Waals surface area contributed by atoms with Crippen molar-refractivity contribution in [3.63, 3.8) is 0 Å². The van der Waals surface area contributed by atoms with Crippen LogP contribution in [-0.2, 0) is 18.3 Å². The molecule has 1 heterocycles. The Hall–Kier alpha value is -0.830. The van der Waals surface area contributed by atoms with Crippen molar-refractivity contribution in [2.45, 2.75) is 38.0 Å². The molecular weight excluding hydrogens is 298 g/mol. The monoisotopic (exact) mass is 319 g/mol. The van der Waals surface area contributed by atoms with E-state index in [9.17, 15) is 0 Å². The number of hydrogen-bond acceptors (Lipinski definition) is 2. The molecule has 0 radical (unpaired) electrons. The zero-order valence-corrected chi connectivity index (χ0v) is 14.1. The van der Waals surface area contributed by atoms with E-state index in [0.717, 1.165) is 23.8 Å². The first kappa shape index (κ1) is 15.1. The summed E-state index contributed by atoms with van der Waals surface area (Å²) < 4.78 is 0.896. The first-order chi connectivity index (χ1) is 10.2. The van der Waals surface area contributed by atoms with Crippen LogP contribution in [0, 0.1) is 0 Å². The fraction of sp³-hybridized carbons (Fsp3) is 0.444. The summed E-state index contributed by atoms with van der Waals surface area (Å²) in [7, 11) is 0. The van der Waals surface area contributed by atoms with Crippen molar-refractivity contribution in [2.75, 3.05) is 13.1 Å². The molecule has 1 atom stereocenters. The average Bonchev–Trinajstić information content (AvgIpc) is 2.91. The van der Waals surface area contributed by atoms with Crippen LogP contribution >= 0.6 is 22.9 Å². The summed E-state index contributed by atoms with van der Waals surface area (Å²) >= 11 is 7.86. The number of likely N-dealkylation sites (N-methyl/N-ethyl adjacent to an activating group) is 1. The van der Waals surface area contributed by atoms with Crippen LogP contribution in [0.5, 0.6) is 0 Å². The maximum Gasteiger partial charge on any atom is 0.0931 e. The summed E-state index contributed by atoms with van der Waals surface area (Å²) in [6.45, 7) is 4.26. The molecule has 1 aliphatic carbocycles. The van der Waals surface area contributed by atoms with E-state index in [1.54, 1.807) is 16.9 Å². The standard InChI is InChI=1S/C18H22ClNS/c1-2-20-13-18(12-15-9-10-17(19)21-15)11-5-7-14-6-3-4-8-16(14)18/h3-4,6,8-10,20H,2,5,7,11-13H2,1H3. The van der Waals surface area contributed by atoms with Crippen molar-refractivity contribution >= 4 is 22.9 Å². The predicted octanol–water partition coefficient (Wildman–Crippen LogP) is 4.83. The van der Waals surface area contributed by atoms with Crippen LogP contribution in [-0.4, -0.2) is 13.1 Å². The predicted molar refractivity (Wildman–Crippen MR) is 92.6 cm³/mol. The van der Waals surface area contributed by atoms with E-state index in [1.165, 1.54) is 29.7 Å². The summed E-state index contributed by atoms with van der Waals surface area (Å²) in [5, 5.41) is 3.60. The molecule has 0 spiro atoms. The van der Waals surface area contributed by atoms with Crippen molar-refractivity contribution in [1.82, 2.24) is 5.32 Å². The zero-order chi connectivity index (χ0) is 14.7. The van der Waals surface area contributed by atoms with Gasteiger partial charge in [-0.3, -0.25) is 0 Å². The molecule has 0 saturated carbocycles. The Kier molecular flexibility index (Phi) is 4.68. The summed E-state index contributed by atoms with van der Waals surface area (Å²) in [6.07, 6.45) is 4.84. The van der Waals surface area contributed by atoms with Gasteiger partial charge in [0.15, 0.2) is 0 Å². The molecule has 3 rings (SSSR count). The molecule has 0 fully saturated rings. The Morgan fingerprint density at radius 3 is 2.86 bits per heavy atom. The van der Waals surface area contributed by atoms with Gasteiger partial charge in [0.25, 0.3) is 0 Å². The number of halogens is 1. The lowest BCUT2D eigenvalue weighted by Gasteiger charge is -2.39. The Balaban J connectivity index is 1.97. The van der Waals surface area contributed by atoms with Gasteiger partial charge in [-0.15, -0.1) is 11.3 Å². The van der Waals surface area contributed by atoms with E-state index in [2.05, 4.69) is 42.6 Å². The number of hydrogen-bond donors (Lipinski definition) is 1. The third kappa shape index (κ3) is 3.18. The van der Waals surface area contributed by atoms with Crippen molar-refractivity contribution in [1.29, 1.82) is 0 Å². The molecule has 0 amide bonds. The van der Waals surface area contributed by atoms with Gasteiger partial charge < -0.3 is 5.32 Å². The summed E-state index contributed by atoms with van der Waals surface area (Å²) in [5.74, 6) is 0. The Morgan fingerprint density at radius 1 is 1.24 bits per heavy atom. The molecule has 0 bridgehead atoms. The molecule has 1 unspecified atom stereocenters. The van der Waals surface area contributed by atoms with E-state index in [1.807, 2.05) is 6.07 Å². The first-order valence-corrected chi connectivity index (χ1v) is 8.96. The van der Waals surface area contributed by atoms with E-state index >= 15 is 0 Å². The van der Waals surface area contributed by atoms with Crippen LogP contribution in [0.25, 0.3) is 0 Å². The van der Waals surface area contributed by atoms with Gasteiger partial charge in [-0.2, -0.15) is 0 Å². The zero-order valence-electron chi connectivity index (χ0n) is 12.5. The van der Waals surface area contributed by atoms with Gasteiger partial charge in [0, 0.05) is 16.8 Å². The molecule has 1 N–H and O–H groups in total. The molecule has 2 aromatic rings. The Morgan fingerprint density at radius 2 is 2.10 bits per heavy atom. The molecular formula is C18H22ClNS. The molecule has 1 aliphatic rings. The Bertz CT molecular complexity index is 607. The van der Waals surface area contributed by atoms with Crippen molar-refractivity contribution in [3.8, 4) is 0 Å². The van der Waals surface area contributed by atoms with Gasteiger partial charge in [-0.25, -0.2) is 0 Å². The lowest BCUT2D eigenvalue weighted by molar-refractivity contribution is 0.340. The van der Waals surface area contributed by atoms with Gasteiger partial charge in [0.05, 0.1) is 4.34 Å². The van der Waals surface area contributed by atoms with Crippen LogP contribution in [0.1, 0.15) is 35.8 Å². The van der Waals surface area contributed by atoms with Crippen molar-refractivity contribution < 1.29 is 0 Å². The summed E-state index contributed by atoms with van der Waals surface area (Å²) in [6, 6.07) is 13.2. The van der Waals surface area contributed by atoms with Crippen LogP contribution in [0.2, 0.25) is 4.34 Å². The Labute approximate surface area is 136 Å². The molecule has 3 heteroatoms. The van der Waals surface area contributed by atoms with Gasteiger partial charge >= 0.3 is 0 Å². The minimum Gasteiger partial charge on any atom is -0.316 e. The largest absolute Gasteiger partial charge is 0.316 e. The van der Waals surface area contributed by atoms with E-state index in [-0.39, 0.29) is 5.41 Å². The van der Waals surface area contributed by atoms with E-state index in [0.29, 0.717) is 0 Å². The maximum absolute atomic E-state index is 6.13. The molecule has 0 saturated heterocycles. The normalized spacial score (nSPS) is 21.2. The second kappa shape index (κ2) is 6.51. The number of nitrogens with one attached hydrogen (secondary N) is 1.